The van der Waals surface area contributed by atoms with Crippen molar-refractivity contribution in [3.8, 4) is 0 Å². The number of nitrogens with zero attached hydrogens (tertiary/aromatic N) is 2. The maximum absolute atomic E-state index is 6.27. The van der Waals surface area contributed by atoms with Crippen molar-refractivity contribution in [2.24, 2.45) is 0 Å². The van der Waals surface area contributed by atoms with Crippen LogP contribution in [0.4, 0.5) is 0 Å². The van der Waals surface area contributed by atoms with E-state index in [9.17, 15) is 0 Å². The third-order valence-corrected chi connectivity index (χ3v) is 4.47. The van der Waals surface area contributed by atoms with Gasteiger partial charge in [0.2, 0.25) is 0 Å². The third-order valence-electron chi connectivity index (χ3n) is 3.49. The topological polar surface area (TPSA) is 16.1 Å². The van der Waals surface area contributed by atoms with Crippen LogP contribution in [0.2, 0.25) is 5.02 Å². The van der Waals surface area contributed by atoms with Gasteiger partial charge in [-0.2, -0.15) is 0 Å². The molecule has 2 heterocycles. The summed E-state index contributed by atoms with van der Waals surface area (Å²) in [7, 11) is 0. The fourth-order valence-corrected chi connectivity index (χ4v) is 3.42. The van der Waals surface area contributed by atoms with Gasteiger partial charge in [0.1, 0.15) is 0 Å². The summed E-state index contributed by atoms with van der Waals surface area (Å²) in [5.74, 6) is 0.567. The van der Waals surface area contributed by atoms with Crippen LogP contribution in [0.15, 0.2) is 35.2 Å². The highest BCUT2D eigenvalue weighted by Gasteiger charge is 2.25. The minimum atomic E-state index is 0.567. The molecule has 0 radical (unpaired) electrons. The van der Waals surface area contributed by atoms with Gasteiger partial charge in [-0.05, 0) is 30.5 Å². The lowest BCUT2D eigenvalue weighted by Gasteiger charge is -2.15. The Labute approximate surface area is 116 Å². The Hall–Kier alpha value is -0.900. The standard InChI is InChI=1S/C14H15ClN2S/c15-14-4-2-1-3-13(14)11-5-6-17(7-11)8-12-9-18-10-16-12/h1-4,9-11H,5-8H2/t11-/m0/s1. The van der Waals surface area contributed by atoms with Gasteiger partial charge in [-0.1, -0.05) is 29.8 Å². The monoisotopic (exact) mass is 278 g/mol. The summed E-state index contributed by atoms with van der Waals surface area (Å²) < 4.78 is 0. The third kappa shape index (κ3) is 2.58. The summed E-state index contributed by atoms with van der Waals surface area (Å²) in [6, 6.07) is 8.21. The Morgan fingerprint density at radius 3 is 3.06 bits per heavy atom. The van der Waals surface area contributed by atoms with Crippen molar-refractivity contribution < 1.29 is 0 Å². The second kappa shape index (κ2) is 5.39. The van der Waals surface area contributed by atoms with E-state index in [0.717, 1.165) is 24.7 Å². The predicted octanol–water partition coefficient (Wildman–Crippen LogP) is 3.79. The van der Waals surface area contributed by atoms with E-state index in [4.69, 9.17) is 11.6 Å². The van der Waals surface area contributed by atoms with Gasteiger partial charge < -0.3 is 0 Å². The van der Waals surface area contributed by atoms with Crippen molar-refractivity contribution in [1.29, 1.82) is 0 Å². The number of rotatable bonds is 3. The van der Waals surface area contributed by atoms with E-state index in [1.54, 1.807) is 11.3 Å². The van der Waals surface area contributed by atoms with Crippen LogP contribution < -0.4 is 0 Å². The zero-order valence-corrected chi connectivity index (χ0v) is 11.6. The van der Waals surface area contributed by atoms with Crippen LogP contribution in [-0.4, -0.2) is 23.0 Å². The van der Waals surface area contributed by atoms with E-state index >= 15 is 0 Å². The number of hydrogen-bond acceptors (Lipinski definition) is 3. The van der Waals surface area contributed by atoms with E-state index in [2.05, 4.69) is 27.4 Å². The molecule has 94 valence electrons. The molecular formula is C14H15ClN2S. The van der Waals surface area contributed by atoms with Gasteiger partial charge >= 0.3 is 0 Å². The molecule has 18 heavy (non-hydrogen) atoms. The van der Waals surface area contributed by atoms with E-state index in [-0.39, 0.29) is 0 Å². The number of aromatic nitrogens is 1. The van der Waals surface area contributed by atoms with Gasteiger partial charge in [-0.3, -0.25) is 4.90 Å². The van der Waals surface area contributed by atoms with E-state index in [1.165, 1.54) is 17.7 Å². The highest BCUT2D eigenvalue weighted by Crippen LogP contribution is 2.32. The van der Waals surface area contributed by atoms with Crippen LogP contribution in [0.5, 0.6) is 0 Å². The SMILES string of the molecule is Clc1ccccc1[C@H]1CCN(Cc2cscn2)C1. The summed E-state index contributed by atoms with van der Waals surface area (Å²) in [4.78, 5) is 6.81. The van der Waals surface area contributed by atoms with Gasteiger partial charge in [0.25, 0.3) is 0 Å². The molecule has 0 aliphatic carbocycles. The maximum Gasteiger partial charge on any atom is 0.0795 e. The van der Waals surface area contributed by atoms with Crippen molar-refractivity contribution in [1.82, 2.24) is 9.88 Å². The Balaban J connectivity index is 1.67. The molecule has 0 unspecified atom stereocenters. The average molecular weight is 279 g/mol. The molecule has 3 rings (SSSR count). The smallest absolute Gasteiger partial charge is 0.0795 e. The van der Waals surface area contributed by atoms with Crippen molar-refractivity contribution in [2.45, 2.75) is 18.9 Å². The van der Waals surface area contributed by atoms with Crippen molar-refractivity contribution in [2.75, 3.05) is 13.1 Å². The van der Waals surface area contributed by atoms with Crippen LogP contribution in [0.25, 0.3) is 0 Å². The lowest BCUT2D eigenvalue weighted by atomic mass is 9.98. The number of benzene rings is 1. The van der Waals surface area contributed by atoms with Crippen LogP contribution in [0.1, 0.15) is 23.6 Å². The van der Waals surface area contributed by atoms with Crippen LogP contribution in [0, 0.1) is 0 Å². The minimum Gasteiger partial charge on any atom is -0.297 e. The van der Waals surface area contributed by atoms with Gasteiger partial charge in [0.05, 0.1) is 11.2 Å². The Morgan fingerprint density at radius 2 is 2.28 bits per heavy atom. The normalized spacial score (nSPS) is 20.4. The van der Waals surface area contributed by atoms with Crippen LogP contribution in [0.3, 0.4) is 0 Å². The van der Waals surface area contributed by atoms with Crippen molar-refractivity contribution in [3.63, 3.8) is 0 Å². The zero-order valence-electron chi connectivity index (χ0n) is 10.1. The average Bonchev–Trinajstić information content (AvgIpc) is 3.02. The summed E-state index contributed by atoms with van der Waals surface area (Å²) in [5, 5.41) is 3.03. The Kier molecular flexibility index (Phi) is 3.64. The van der Waals surface area contributed by atoms with Gasteiger partial charge in [0.15, 0.2) is 0 Å². The Bertz CT molecular complexity index is 512. The fraction of sp³-hybridized carbons (Fsp3) is 0.357. The van der Waals surface area contributed by atoms with E-state index in [0.29, 0.717) is 5.92 Å². The molecule has 1 aromatic heterocycles. The highest BCUT2D eigenvalue weighted by molar-refractivity contribution is 7.07. The highest BCUT2D eigenvalue weighted by atomic mass is 35.5. The first-order chi connectivity index (χ1) is 8.83. The molecule has 1 aromatic carbocycles. The van der Waals surface area contributed by atoms with Crippen molar-refractivity contribution in [3.05, 3.63) is 51.4 Å². The molecule has 0 bridgehead atoms. The number of likely N-dealkylation sites (tertiary alicyclic amines) is 1. The molecule has 1 saturated heterocycles. The molecule has 0 amide bonds. The summed E-state index contributed by atoms with van der Waals surface area (Å²) >= 11 is 7.93. The van der Waals surface area contributed by atoms with Gasteiger partial charge in [-0.15, -0.1) is 11.3 Å². The molecular weight excluding hydrogens is 264 g/mol. The first-order valence-corrected chi connectivity index (χ1v) is 7.49. The molecule has 1 aliphatic rings. The second-order valence-electron chi connectivity index (χ2n) is 4.72. The minimum absolute atomic E-state index is 0.567. The lowest BCUT2D eigenvalue weighted by Crippen LogP contribution is -2.19. The van der Waals surface area contributed by atoms with Gasteiger partial charge in [0, 0.05) is 23.5 Å². The molecule has 1 fully saturated rings. The molecule has 0 saturated carbocycles. The fourth-order valence-electron chi connectivity index (χ4n) is 2.58. The first-order valence-electron chi connectivity index (χ1n) is 6.17. The number of hydrogen-bond donors (Lipinski definition) is 0. The van der Waals surface area contributed by atoms with Crippen LogP contribution in [-0.2, 0) is 6.54 Å². The first kappa shape index (κ1) is 12.2. The molecule has 2 aromatic rings. The predicted molar refractivity (Wildman–Crippen MR) is 76.2 cm³/mol. The number of thiazole rings is 1. The summed E-state index contributed by atoms with van der Waals surface area (Å²) in [5.41, 5.74) is 4.37. The lowest BCUT2D eigenvalue weighted by molar-refractivity contribution is 0.323. The zero-order chi connectivity index (χ0) is 12.4. The molecule has 0 N–H and O–H groups in total. The largest absolute Gasteiger partial charge is 0.297 e. The van der Waals surface area contributed by atoms with Gasteiger partial charge in [-0.25, -0.2) is 4.98 Å². The Morgan fingerprint density at radius 1 is 1.39 bits per heavy atom. The van der Waals surface area contributed by atoms with E-state index < -0.39 is 0 Å². The molecule has 2 nitrogen and oxygen atoms in total. The quantitative estimate of drug-likeness (QED) is 0.849. The second-order valence-corrected chi connectivity index (χ2v) is 5.85. The van der Waals surface area contributed by atoms with E-state index in [1.807, 2.05) is 17.6 Å². The number of halogens is 1. The van der Waals surface area contributed by atoms with Crippen LogP contribution >= 0.6 is 22.9 Å². The molecule has 1 atom stereocenters. The maximum atomic E-state index is 6.27. The summed E-state index contributed by atoms with van der Waals surface area (Å²) in [6.07, 6.45) is 1.19. The molecule has 1 aliphatic heterocycles. The van der Waals surface area contributed by atoms with Crippen molar-refractivity contribution >= 4 is 22.9 Å². The molecule has 0 spiro atoms. The summed E-state index contributed by atoms with van der Waals surface area (Å²) in [6.45, 7) is 3.18. The molecule has 4 heteroatoms.